The van der Waals surface area contributed by atoms with Crippen LogP contribution in [0.5, 0.6) is 5.75 Å². The summed E-state index contributed by atoms with van der Waals surface area (Å²) in [6.45, 7) is 6.14. The average molecular weight is 285 g/mol. The number of pyridine rings is 2. The van der Waals surface area contributed by atoms with Gasteiger partial charge in [0.1, 0.15) is 5.75 Å². The minimum absolute atomic E-state index is 0.153. The van der Waals surface area contributed by atoms with Gasteiger partial charge in [-0.15, -0.1) is 0 Å². The molecule has 2 aromatic rings. The maximum Gasteiger partial charge on any atom is 0.128 e. The number of aryl methyl sites for hydroxylation is 2. The largest absolute Gasteiger partial charge is 0.496 e. The minimum Gasteiger partial charge on any atom is -0.496 e. The van der Waals surface area contributed by atoms with Crippen molar-refractivity contribution in [2.75, 3.05) is 7.11 Å². The maximum atomic E-state index is 6.36. The van der Waals surface area contributed by atoms with Crippen molar-refractivity contribution in [3.05, 3.63) is 52.6 Å². The van der Waals surface area contributed by atoms with Gasteiger partial charge in [0, 0.05) is 35.6 Å². The zero-order valence-electron chi connectivity index (χ0n) is 13.2. The molecular weight excluding hydrogens is 262 g/mol. The molecule has 2 N–H and O–H groups in total. The molecule has 0 radical (unpaired) electrons. The van der Waals surface area contributed by atoms with Crippen molar-refractivity contribution < 1.29 is 4.74 Å². The van der Waals surface area contributed by atoms with Gasteiger partial charge in [0.25, 0.3) is 0 Å². The van der Waals surface area contributed by atoms with Crippen molar-refractivity contribution in [1.29, 1.82) is 0 Å². The van der Waals surface area contributed by atoms with Crippen LogP contribution in [0.1, 0.15) is 41.0 Å². The molecule has 0 aliphatic heterocycles. The van der Waals surface area contributed by atoms with Gasteiger partial charge in [-0.25, -0.2) is 0 Å². The third kappa shape index (κ3) is 3.22. The molecule has 0 saturated heterocycles. The first-order chi connectivity index (χ1) is 10.1. The topological polar surface area (TPSA) is 61.0 Å². The van der Waals surface area contributed by atoms with Gasteiger partial charge in [-0.05, 0) is 31.9 Å². The smallest absolute Gasteiger partial charge is 0.128 e. The van der Waals surface area contributed by atoms with E-state index in [-0.39, 0.29) is 6.04 Å². The van der Waals surface area contributed by atoms with Gasteiger partial charge >= 0.3 is 0 Å². The number of nitrogens with two attached hydrogens (primary N) is 1. The Balaban J connectivity index is 2.30. The van der Waals surface area contributed by atoms with Gasteiger partial charge in [-0.2, -0.15) is 0 Å². The molecule has 0 aromatic carbocycles. The Kier molecular flexibility index (Phi) is 4.91. The second kappa shape index (κ2) is 6.68. The number of aromatic nitrogens is 2. The molecule has 112 valence electrons. The normalized spacial score (nSPS) is 12.2. The van der Waals surface area contributed by atoms with E-state index < -0.39 is 0 Å². The van der Waals surface area contributed by atoms with E-state index in [1.165, 1.54) is 5.56 Å². The van der Waals surface area contributed by atoms with Gasteiger partial charge in [-0.3, -0.25) is 9.97 Å². The van der Waals surface area contributed by atoms with Crippen molar-refractivity contribution in [2.45, 2.75) is 39.7 Å². The Bertz CT molecular complexity index is 625. The third-order valence-corrected chi connectivity index (χ3v) is 3.82. The molecule has 2 rings (SSSR count). The van der Waals surface area contributed by atoms with E-state index in [1.54, 1.807) is 13.3 Å². The molecule has 2 heterocycles. The highest BCUT2D eigenvalue weighted by molar-refractivity contribution is 5.41. The lowest BCUT2D eigenvalue weighted by atomic mass is 9.99. The highest BCUT2D eigenvalue weighted by atomic mass is 16.5. The summed E-state index contributed by atoms with van der Waals surface area (Å²) >= 11 is 0. The van der Waals surface area contributed by atoms with Gasteiger partial charge < -0.3 is 10.5 Å². The van der Waals surface area contributed by atoms with Crippen LogP contribution in [0.15, 0.2) is 24.5 Å². The molecule has 0 fully saturated rings. The van der Waals surface area contributed by atoms with Crippen LogP contribution in [0.4, 0.5) is 0 Å². The molecule has 21 heavy (non-hydrogen) atoms. The monoisotopic (exact) mass is 285 g/mol. The minimum atomic E-state index is -0.153. The standard InChI is InChI=1S/C17H23N3O/c1-5-13-7-6-8-19-16(13)14(18)9-15-12(3)17(21-4)11(2)10-20-15/h6-8,10,14H,5,9,18H2,1-4H3. The van der Waals surface area contributed by atoms with Crippen molar-refractivity contribution in [1.82, 2.24) is 9.97 Å². The Morgan fingerprint density at radius 1 is 1.29 bits per heavy atom. The fraction of sp³-hybridized carbons (Fsp3) is 0.412. The molecule has 4 heteroatoms. The molecule has 0 saturated carbocycles. The van der Waals surface area contributed by atoms with E-state index in [9.17, 15) is 0 Å². The number of hydrogen-bond acceptors (Lipinski definition) is 4. The summed E-state index contributed by atoms with van der Waals surface area (Å²) in [5, 5.41) is 0. The lowest BCUT2D eigenvalue weighted by Gasteiger charge is -2.17. The third-order valence-electron chi connectivity index (χ3n) is 3.82. The van der Waals surface area contributed by atoms with E-state index in [4.69, 9.17) is 10.5 Å². The quantitative estimate of drug-likeness (QED) is 0.917. The number of ether oxygens (including phenoxy) is 1. The zero-order chi connectivity index (χ0) is 15.4. The van der Waals surface area contributed by atoms with Gasteiger partial charge in [0.05, 0.1) is 18.8 Å². The first-order valence-corrected chi connectivity index (χ1v) is 7.26. The first-order valence-electron chi connectivity index (χ1n) is 7.26. The highest BCUT2D eigenvalue weighted by Crippen LogP contribution is 2.27. The number of methoxy groups -OCH3 is 1. The summed E-state index contributed by atoms with van der Waals surface area (Å²) < 4.78 is 5.45. The van der Waals surface area contributed by atoms with Crippen LogP contribution in [0.2, 0.25) is 0 Å². The number of rotatable bonds is 5. The molecule has 0 aliphatic carbocycles. The summed E-state index contributed by atoms with van der Waals surface area (Å²) in [5.41, 5.74) is 11.6. The SMILES string of the molecule is CCc1cccnc1C(N)Cc1ncc(C)c(OC)c1C. The Labute approximate surface area is 126 Å². The molecule has 4 nitrogen and oxygen atoms in total. The van der Waals surface area contributed by atoms with E-state index in [2.05, 4.69) is 23.0 Å². The van der Waals surface area contributed by atoms with Crippen LogP contribution in [-0.2, 0) is 12.8 Å². The molecule has 1 atom stereocenters. The molecule has 0 amide bonds. The molecule has 0 spiro atoms. The summed E-state index contributed by atoms with van der Waals surface area (Å²) in [7, 11) is 1.69. The van der Waals surface area contributed by atoms with Crippen LogP contribution in [0.25, 0.3) is 0 Å². The number of nitrogens with zero attached hydrogens (tertiary/aromatic N) is 2. The predicted octanol–water partition coefficient (Wildman–Crippen LogP) is 2.91. The van der Waals surface area contributed by atoms with Crippen LogP contribution >= 0.6 is 0 Å². The zero-order valence-corrected chi connectivity index (χ0v) is 13.2. The lowest BCUT2D eigenvalue weighted by molar-refractivity contribution is 0.406. The maximum absolute atomic E-state index is 6.36. The highest BCUT2D eigenvalue weighted by Gasteiger charge is 2.16. The van der Waals surface area contributed by atoms with Crippen molar-refractivity contribution in [3.63, 3.8) is 0 Å². The Morgan fingerprint density at radius 3 is 2.71 bits per heavy atom. The van der Waals surface area contributed by atoms with Crippen molar-refractivity contribution in [2.24, 2.45) is 5.73 Å². The molecule has 2 aromatic heterocycles. The average Bonchev–Trinajstić information content (AvgIpc) is 2.50. The van der Waals surface area contributed by atoms with E-state index in [1.807, 2.05) is 26.1 Å². The van der Waals surface area contributed by atoms with Gasteiger partial charge in [0.2, 0.25) is 0 Å². The summed E-state index contributed by atoms with van der Waals surface area (Å²) in [6, 6.07) is 3.88. The summed E-state index contributed by atoms with van der Waals surface area (Å²) in [5.74, 6) is 0.893. The fourth-order valence-electron chi connectivity index (χ4n) is 2.67. The molecule has 1 unspecified atom stereocenters. The van der Waals surface area contributed by atoms with Crippen LogP contribution in [0.3, 0.4) is 0 Å². The Morgan fingerprint density at radius 2 is 2.05 bits per heavy atom. The fourth-order valence-corrected chi connectivity index (χ4v) is 2.67. The lowest BCUT2D eigenvalue weighted by Crippen LogP contribution is -2.18. The molecule has 0 bridgehead atoms. The first kappa shape index (κ1) is 15.4. The van der Waals surface area contributed by atoms with Crippen LogP contribution in [0, 0.1) is 13.8 Å². The van der Waals surface area contributed by atoms with Gasteiger partial charge in [0.15, 0.2) is 0 Å². The van der Waals surface area contributed by atoms with Crippen molar-refractivity contribution >= 4 is 0 Å². The second-order valence-electron chi connectivity index (χ2n) is 5.26. The Hall–Kier alpha value is -1.94. The van der Waals surface area contributed by atoms with E-state index in [0.29, 0.717) is 6.42 Å². The summed E-state index contributed by atoms with van der Waals surface area (Å²) in [4.78, 5) is 8.97. The van der Waals surface area contributed by atoms with Crippen LogP contribution < -0.4 is 10.5 Å². The van der Waals surface area contributed by atoms with Gasteiger partial charge in [-0.1, -0.05) is 13.0 Å². The van der Waals surface area contributed by atoms with Crippen molar-refractivity contribution in [3.8, 4) is 5.75 Å². The van der Waals surface area contributed by atoms with E-state index in [0.717, 1.165) is 34.7 Å². The molecular formula is C17H23N3O. The summed E-state index contributed by atoms with van der Waals surface area (Å²) in [6.07, 6.45) is 5.23. The number of hydrogen-bond donors (Lipinski definition) is 1. The van der Waals surface area contributed by atoms with E-state index >= 15 is 0 Å². The predicted molar refractivity (Wildman–Crippen MR) is 84.5 cm³/mol. The molecule has 0 aliphatic rings. The van der Waals surface area contributed by atoms with Crippen LogP contribution in [-0.4, -0.2) is 17.1 Å². The second-order valence-corrected chi connectivity index (χ2v) is 5.26.